The van der Waals surface area contributed by atoms with Crippen LogP contribution < -0.4 is 0 Å². The second kappa shape index (κ2) is 5.27. The van der Waals surface area contributed by atoms with Crippen LogP contribution in [0.4, 0.5) is 0 Å². The molecule has 20 heavy (non-hydrogen) atoms. The molecule has 3 aromatic rings. The Balaban J connectivity index is 2.24. The summed E-state index contributed by atoms with van der Waals surface area (Å²) in [6.07, 6.45) is 0. The summed E-state index contributed by atoms with van der Waals surface area (Å²) in [5, 5.41) is 9.31. The predicted octanol–water partition coefficient (Wildman–Crippen LogP) is 5.04. The van der Waals surface area contributed by atoms with Gasteiger partial charge in [0.1, 0.15) is 0 Å². The van der Waals surface area contributed by atoms with Gasteiger partial charge in [-0.3, -0.25) is 9.67 Å². The number of aryl methyl sites for hydroxylation is 2. The summed E-state index contributed by atoms with van der Waals surface area (Å²) in [5.41, 5.74) is 3.48. The van der Waals surface area contributed by atoms with Gasteiger partial charge in [0.25, 0.3) is 0 Å². The zero-order chi connectivity index (χ0) is 14.3. The van der Waals surface area contributed by atoms with E-state index >= 15 is 0 Å². The van der Waals surface area contributed by atoms with Gasteiger partial charge >= 0.3 is 0 Å². The van der Waals surface area contributed by atoms with E-state index in [4.69, 9.17) is 12.2 Å². The van der Waals surface area contributed by atoms with Gasteiger partial charge in [0.2, 0.25) is 0 Å². The number of nitrogens with one attached hydrogen (secondary N) is 1. The van der Waals surface area contributed by atoms with Crippen LogP contribution in [0.2, 0.25) is 0 Å². The first-order valence-electron chi connectivity index (χ1n) is 6.06. The fourth-order valence-corrected chi connectivity index (χ4v) is 3.81. The molecular weight excluding hydrogens is 354 g/mol. The van der Waals surface area contributed by atoms with Crippen LogP contribution in [0.1, 0.15) is 11.1 Å². The molecule has 0 saturated heterocycles. The number of thiophene rings is 1. The Labute approximate surface area is 134 Å². The molecule has 3 nitrogen and oxygen atoms in total. The number of hydrogen-bond donors (Lipinski definition) is 1. The summed E-state index contributed by atoms with van der Waals surface area (Å²) in [6.45, 7) is 4.17. The van der Waals surface area contributed by atoms with Gasteiger partial charge in [0.05, 0.1) is 10.6 Å². The maximum absolute atomic E-state index is 5.39. The van der Waals surface area contributed by atoms with Gasteiger partial charge in [-0.1, -0.05) is 17.7 Å². The SMILES string of the molecule is Cc1ccc(-n2c(-c3cc(Br)cs3)n[nH]c2=S)c(C)c1. The number of nitrogens with zero attached hydrogens (tertiary/aromatic N) is 2. The Morgan fingerprint density at radius 3 is 2.75 bits per heavy atom. The van der Waals surface area contributed by atoms with Crippen LogP contribution in [-0.4, -0.2) is 14.8 Å². The van der Waals surface area contributed by atoms with Crippen LogP contribution in [0.25, 0.3) is 16.4 Å². The summed E-state index contributed by atoms with van der Waals surface area (Å²) in [6, 6.07) is 8.38. The summed E-state index contributed by atoms with van der Waals surface area (Å²) < 4.78 is 3.65. The van der Waals surface area contributed by atoms with Crippen molar-refractivity contribution in [3.63, 3.8) is 0 Å². The number of benzene rings is 1. The standard InChI is InChI=1S/C14H12BrN3S2/c1-8-3-4-11(9(2)5-8)18-13(16-17-14(18)19)12-6-10(15)7-20-12/h3-7H,1-2H3,(H,17,19). The normalized spacial score (nSPS) is 10.9. The predicted molar refractivity (Wildman–Crippen MR) is 89.2 cm³/mol. The van der Waals surface area contributed by atoms with Crippen molar-refractivity contribution in [2.75, 3.05) is 0 Å². The summed E-state index contributed by atoms with van der Waals surface area (Å²) in [5.74, 6) is 0.845. The van der Waals surface area contributed by atoms with Crippen molar-refractivity contribution in [2.45, 2.75) is 13.8 Å². The van der Waals surface area contributed by atoms with Crippen LogP contribution in [0.3, 0.4) is 0 Å². The minimum atomic E-state index is 0.608. The Morgan fingerprint density at radius 1 is 1.30 bits per heavy atom. The van der Waals surface area contributed by atoms with Gasteiger partial charge in [-0.05, 0) is 59.7 Å². The third-order valence-corrected chi connectivity index (χ3v) is 5.01. The highest BCUT2D eigenvalue weighted by Crippen LogP contribution is 2.31. The van der Waals surface area contributed by atoms with Crippen molar-refractivity contribution < 1.29 is 0 Å². The number of hydrogen-bond acceptors (Lipinski definition) is 3. The molecule has 3 rings (SSSR count). The molecule has 102 valence electrons. The molecule has 0 fully saturated rings. The van der Waals surface area contributed by atoms with Crippen molar-refractivity contribution in [2.24, 2.45) is 0 Å². The second-order valence-electron chi connectivity index (χ2n) is 4.61. The quantitative estimate of drug-likeness (QED) is 0.645. The molecular formula is C14H12BrN3S2. The number of halogens is 1. The minimum Gasteiger partial charge on any atom is -0.267 e. The first kappa shape index (κ1) is 13.7. The molecule has 2 heterocycles. The topological polar surface area (TPSA) is 33.6 Å². The lowest BCUT2D eigenvalue weighted by Crippen LogP contribution is -1.99. The van der Waals surface area contributed by atoms with Gasteiger partial charge in [0.15, 0.2) is 10.6 Å². The van der Waals surface area contributed by atoms with Crippen molar-refractivity contribution in [3.8, 4) is 16.4 Å². The fourth-order valence-electron chi connectivity index (χ4n) is 2.17. The molecule has 0 amide bonds. The van der Waals surface area contributed by atoms with Crippen LogP contribution in [0, 0.1) is 18.6 Å². The highest BCUT2D eigenvalue weighted by molar-refractivity contribution is 9.10. The molecule has 0 unspecified atom stereocenters. The van der Waals surface area contributed by atoms with E-state index in [0.29, 0.717) is 4.77 Å². The molecule has 0 radical (unpaired) electrons. The molecule has 0 aliphatic carbocycles. The lowest BCUT2D eigenvalue weighted by molar-refractivity contribution is 1.02. The van der Waals surface area contributed by atoms with Crippen LogP contribution in [-0.2, 0) is 0 Å². The van der Waals surface area contributed by atoms with Gasteiger partial charge in [-0.2, -0.15) is 5.10 Å². The molecule has 0 spiro atoms. The zero-order valence-corrected chi connectivity index (χ0v) is 14.2. The van der Waals surface area contributed by atoms with Crippen LogP contribution in [0.5, 0.6) is 0 Å². The van der Waals surface area contributed by atoms with E-state index in [9.17, 15) is 0 Å². The van der Waals surface area contributed by atoms with Gasteiger partial charge in [-0.25, -0.2) is 0 Å². The molecule has 0 saturated carbocycles. The van der Waals surface area contributed by atoms with Crippen molar-refractivity contribution in [3.05, 3.63) is 50.0 Å². The molecule has 0 aliphatic rings. The van der Waals surface area contributed by atoms with Gasteiger partial charge < -0.3 is 0 Å². The summed E-state index contributed by atoms with van der Waals surface area (Å²) in [4.78, 5) is 1.07. The average molecular weight is 366 g/mol. The van der Waals surface area contributed by atoms with Crippen LogP contribution in [0.15, 0.2) is 34.1 Å². The molecule has 1 N–H and O–H groups in total. The summed E-state index contributed by atoms with van der Waals surface area (Å²) >= 11 is 10.5. The Morgan fingerprint density at radius 2 is 2.10 bits per heavy atom. The fraction of sp³-hybridized carbons (Fsp3) is 0.143. The first-order valence-corrected chi connectivity index (χ1v) is 8.14. The Bertz CT molecular complexity index is 829. The van der Waals surface area contributed by atoms with E-state index < -0.39 is 0 Å². The molecule has 0 aliphatic heterocycles. The average Bonchev–Trinajstić information content (AvgIpc) is 2.96. The van der Waals surface area contributed by atoms with Gasteiger partial charge in [-0.15, -0.1) is 11.3 Å². The third kappa shape index (κ3) is 2.39. The second-order valence-corrected chi connectivity index (χ2v) is 6.82. The molecule has 0 bridgehead atoms. The lowest BCUT2D eigenvalue weighted by Gasteiger charge is -2.09. The van der Waals surface area contributed by atoms with E-state index in [1.165, 1.54) is 11.1 Å². The molecule has 0 atom stereocenters. The maximum Gasteiger partial charge on any atom is 0.200 e. The third-order valence-electron chi connectivity index (χ3n) is 3.05. The first-order chi connectivity index (χ1) is 9.56. The van der Waals surface area contributed by atoms with E-state index in [1.54, 1.807) is 11.3 Å². The Kier molecular flexibility index (Phi) is 3.62. The highest BCUT2D eigenvalue weighted by atomic mass is 79.9. The van der Waals surface area contributed by atoms with E-state index in [2.05, 4.69) is 64.2 Å². The van der Waals surface area contributed by atoms with E-state index in [0.717, 1.165) is 20.9 Å². The molecule has 2 aromatic heterocycles. The molecule has 1 aromatic carbocycles. The van der Waals surface area contributed by atoms with E-state index in [1.807, 2.05) is 9.95 Å². The van der Waals surface area contributed by atoms with Gasteiger partial charge in [0, 0.05) is 9.85 Å². The maximum atomic E-state index is 5.39. The minimum absolute atomic E-state index is 0.608. The summed E-state index contributed by atoms with van der Waals surface area (Å²) in [7, 11) is 0. The number of aromatic amines is 1. The smallest absolute Gasteiger partial charge is 0.200 e. The number of aromatic nitrogens is 3. The van der Waals surface area contributed by atoms with Crippen LogP contribution >= 0.6 is 39.5 Å². The monoisotopic (exact) mass is 365 g/mol. The van der Waals surface area contributed by atoms with Crippen molar-refractivity contribution in [1.29, 1.82) is 0 Å². The molecule has 6 heteroatoms. The van der Waals surface area contributed by atoms with Crippen molar-refractivity contribution in [1.82, 2.24) is 14.8 Å². The Hall–Kier alpha value is -1.24. The largest absolute Gasteiger partial charge is 0.267 e. The van der Waals surface area contributed by atoms with Crippen molar-refractivity contribution >= 4 is 39.5 Å². The zero-order valence-electron chi connectivity index (χ0n) is 11.0. The lowest BCUT2D eigenvalue weighted by atomic mass is 10.1. The van der Waals surface area contributed by atoms with E-state index in [-0.39, 0.29) is 0 Å². The number of H-pyrrole nitrogens is 1. The highest BCUT2D eigenvalue weighted by Gasteiger charge is 2.14. The number of rotatable bonds is 2.